The number of hydrogen-bond acceptors (Lipinski definition) is 6. The van der Waals surface area contributed by atoms with Gasteiger partial charge in [-0.1, -0.05) is 0 Å². The first kappa shape index (κ1) is 20.7. The monoisotopic (exact) mass is 419 g/mol. The Morgan fingerprint density at radius 1 is 1.35 bits per heavy atom. The Bertz CT molecular complexity index is 1160. The molecule has 0 spiro atoms. The summed E-state index contributed by atoms with van der Waals surface area (Å²) in [7, 11) is 1.85. The lowest BCUT2D eigenvalue weighted by molar-refractivity contribution is -0.119. The number of carbonyl (C=O) groups is 1. The number of hydrogen-bond donors (Lipinski definition) is 1. The van der Waals surface area contributed by atoms with Crippen molar-refractivity contribution in [2.75, 3.05) is 6.61 Å². The van der Waals surface area contributed by atoms with E-state index in [0.29, 0.717) is 36.6 Å². The van der Waals surface area contributed by atoms with Crippen LogP contribution in [-0.4, -0.2) is 39.4 Å². The number of nitriles is 1. The molecule has 1 saturated heterocycles. The molecule has 160 valence electrons. The predicted molar refractivity (Wildman–Crippen MR) is 116 cm³/mol. The molecule has 0 radical (unpaired) electrons. The third-order valence-electron chi connectivity index (χ3n) is 5.21. The zero-order valence-corrected chi connectivity index (χ0v) is 17.9. The number of rotatable bonds is 7. The van der Waals surface area contributed by atoms with Crippen molar-refractivity contribution in [3.8, 4) is 29.0 Å². The molecule has 2 aromatic heterocycles. The molecule has 4 rings (SSSR count). The molecule has 1 amide bonds. The maximum absolute atomic E-state index is 11.4. The highest BCUT2D eigenvalue weighted by molar-refractivity contribution is 5.99. The minimum absolute atomic E-state index is 0.0770. The number of nitrogens with zero attached hydrogens (tertiary/aromatic N) is 4. The summed E-state index contributed by atoms with van der Waals surface area (Å²) < 4.78 is 13.6. The highest BCUT2D eigenvalue weighted by Gasteiger charge is 2.21. The van der Waals surface area contributed by atoms with E-state index in [9.17, 15) is 10.1 Å². The average Bonchev–Trinajstić information content (AvgIpc) is 3.35. The molecule has 0 bridgehead atoms. The van der Waals surface area contributed by atoms with Gasteiger partial charge < -0.3 is 14.8 Å². The van der Waals surface area contributed by atoms with Gasteiger partial charge in [0.1, 0.15) is 11.8 Å². The summed E-state index contributed by atoms with van der Waals surface area (Å²) in [4.78, 5) is 16.0. The maximum atomic E-state index is 11.4. The van der Waals surface area contributed by atoms with Gasteiger partial charge in [-0.2, -0.15) is 10.4 Å². The summed E-state index contributed by atoms with van der Waals surface area (Å²) in [6.07, 6.45) is 5.61. The topological polar surface area (TPSA) is 102 Å². The molecule has 31 heavy (non-hydrogen) atoms. The molecule has 8 heteroatoms. The number of aromatic nitrogens is 3. The standard InChI is InChI=1S/C23H25N5O3/c1-14(2)31-21-11-18-17(10-15(21)12-24)19(20-6-8-28(3)27-20)13-25-23(18)30-9-7-16-4-5-22(29)26-16/h6,8,10-11,13-14,16H,4-5,7,9H2,1-3H3,(H,26,29)/t16-/m0/s1. The highest BCUT2D eigenvalue weighted by Crippen LogP contribution is 2.36. The van der Waals surface area contributed by atoms with Crippen LogP contribution in [0.3, 0.4) is 0 Å². The lowest BCUT2D eigenvalue weighted by Crippen LogP contribution is -2.26. The quantitative estimate of drug-likeness (QED) is 0.630. The lowest BCUT2D eigenvalue weighted by atomic mass is 10.0. The second-order valence-electron chi connectivity index (χ2n) is 7.96. The van der Waals surface area contributed by atoms with Gasteiger partial charge in [-0.15, -0.1) is 0 Å². The van der Waals surface area contributed by atoms with Crippen LogP contribution in [0.1, 0.15) is 38.7 Å². The molecule has 0 saturated carbocycles. The Balaban J connectivity index is 1.72. The molecule has 8 nitrogen and oxygen atoms in total. The fraction of sp³-hybridized carbons (Fsp3) is 0.391. The van der Waals surface area contributed by atoms with E-state index in [0.717, 1.165) is 28.5 Å². The smallest absolute Gasteiger partial charge is 0.221 e. The predicted octanol–water partition coefficient (Wildman–Crippen LogP) is 3.34. The lowest BCUT2D eigenvalue weighted by Gasteiger charge is -2.16. The molecule has 1 aliphatic rings. The molecule has 1 aliphatic heterocycles. The van der Waals surface area contributed by atoms with Crippen LogP contribution in [0.4, 0.5) is 0 Å². The fourth-order valence-corrected chi connectivity index (χ4v) is 3.75. The third-order valence-corrected chi connectivity index (χ3v) is 5.21. The zero-order chi connectivity index (χ0) is 22.0. The van der Waals surface area contributed by atoms with Crippen molar-refractivity contribution in [2.45, 2.75) is 45.3 Å². The van der Waals surface area contributed by atoms with E-state index in [1.807, 2.05) is 45.3 Å². The molecule has 1 atom stereocenters. The van der Waals surface area contributed by atoms with E-state index in [-0.39, 0.29) is 18.1 Å². The molecule has 1 aromatic carbocycles. The van der Waals surface area contributed by atoms with Gasteiger partial charge in [0.15, 0.2) is 0 Å². The molecular weight excluding hydrogens is 394 g/mol. The van der Waals surface area contributed by atoms with Crippen LogP contribution in [0.5, 0.6) is 11.6 Å². The normalized spacial score (nSPS) is 15.8. The van der Waals surface area contributed by atoms with Crippen LogP contribution >= 0.6 is 0 Å². The van der Waals surface area contributed by atoms with Gasteiger partial charge in [0.25, 0.3) is 0 Å². The van der Waals surface area contributed by atoms with E-state index in [1.54, 1.807) is 10.9 Å². The number of pyridine rings is 1. The Labute approximate surface area is 180 Å². The van der Waals surface area contributed by atoms with Crippen molar-refractivity contribution in [3.05, 3.63) is 36.2 Å². The van der Waals surface area contributed by atoms with Crippen LogP contribution in [0.2, 0.25) is 0 Å². The van der Waals surface area contributed by atoms with E-state index >= 15 is 0 Å². The van der Waals surface area contributed by atoms with Crippen LogP contribution < -0.4 is 14.8 Å². The van der Waals surface area contributed by atoms with Gasteiger partial charge in [-0.25, -0.2) is 4.98 Å². The van der Waals surface area contributed by atoms with Gasteiger partial charge in [0.05, 0.1) is 24.0 Å². The third kappa shape index (κ3) is 4.45. The number of nitrogens with one attached hydrogen (secondary N) is 1. The summed E-state index contributed by atoms with van der Waals surface area (Å²) in [5.41, 5.74) is 2.03. The molecule has 0 aliphatic carbocycles. The minimum Gasteiger partial charge on any atom is -0.490 e. The number of ether oxygens (including phenoxy) is 2. The van der Waals surface area contributed by atoms with Gasteiger partial charge in [-0.05, 0) is 43.9 Å². The van der Waals surface area contributed by atoms with Crippen molar-refractivity contribution in [1.82, 2.24) is 20.1 Å². The van der Waals surface area contributed by atoms with Crippen molar-refractivity contribution < 1.29 is 14.3 Å². The number of fused-ring (bicyclic) bond motifs is 1. The van der Waals surface area contributed by atoms with E-state index in [1.165, 1.54) is 0 Å². The fourth-order valence-electron chi connectivity index (χ4n) is 3.75. The Morgan fingerprint density at radius 2 is 2.19 bits per heavy atom. The molecule has 0 unspecified atom stereocenters. The van der Waals surface area contributed by atoms with Crippen molar-refractivity contribution in [2.24, 2.45) is 7.05 Å². The second-order valence-corrected chi connectivity index (χ2v) is 7.96. The van der Waals surface area contributed by atoms with Gasteiger partial charge >= 0.3 is 0 Å². The largest absolute Gasteiger partial charge is 0.490 e. The van der Waals surface area contributed by atoms with E-state index in [2.05, 4.69) is 21.5 Å². The summed E-state index contributed by atoms with van der Waals surface area (Å²) in [6, 6.07) is 7.90. The first-order valence-corrected chi connectivity index (χ1v) is 10.4. The average molecular weight is 419 g/mol. The first-order valence-electron chi connectivity index (χ1n) is 10.4. The minimum atomic E-state index is -0.0770. The Hall–Kier alpha value is -3.60. The number of carbonyl (C=O) groups excluding carboxylic acids is 1. The van der Waals surface area contributed by atoms with Crippen LogP contribution in [0.25, 0.3) is 22.0 Å². The van der Waals surface area contributed by atoms with Crippen LogP contribution in [0, 0.1) is 11.3 Å². The maximum Gasteiger partial charge on any atom is 0.221 e. The number of benzene rings is 1. The zero-order valence-electron chi connectivity index (χ0n) is 17.9. The molecule has 1 N–H and O–H groups in total. The van der Waals surface area contributed by atoms with Crippen LogP contribution in [0.15, 0.2) is 30.6 Å². The van der Waals surface area contributed by atoms with Crippen molar-refractivity contribution in [3.63, 3.8) is 0 Å². The van der Waals surface area contributed by atoms with Gasteiger partial charge in [0.2, 0.25) is 11.8 Å². The highest BCUT2D eigenvalue weighted by atomic mass is 16.5. The summed E-state index contributed by atoms with van der Waals surface area (Å²) in [6.45, 7) is 4.26. The summed E-state index contributed by atoms with van der Waals surface area (Å²) >= 11 is 0. The Kier molecular flexibility index (Phi) is 5.76. The van der Waals surface area contributed by atoms with E-state index in [4.69, 9.17) is 9.47 Å². The van der Waals surface area contributed by atoms with Crippen molar-refractivity contribution in [1.29, 1.82) is 5.26 Å². The summed E-state index contributed by atoms with van der Waals surface area (Å²) in [5.74, 6) is 1.06. The van der Waals surface area contributed by atoms with Crippen molar-refractivity contribution >= 4 is 16.7 Å². The van der Waals surface area contributed by atoms with Gasteiger partial charge in [-0.3, -0.25) is 9.48 Å². The molecular formula is C23H25N5O3. The first-order chi connectivity index (χ1) is 14.9. The molecule has 1 fully saturated rings. The SMILES string of the molecule is CC(C)Oc1cc2c(OCC[C@@H]3CCC(=O)N3)ncc(-c3ccn(C)n3)c2cc1C#N. The second kappa shape index (κ2) is 8.64. The molecule has 3 aromatic rings. The number of aryl methyl sites for hydroxylation is 1. The van der Waals surface area contributed by atoms with Gasteiger partial charge in [0, 0.05) is 49.3 Å². The Morgan fingerprint density at radius 3 is 2.84 bits per heavy atom. The molecule has 3 heterocycles. The summed E-state index contributed by atoms with van der Waals surface area (Å²) in [5, 5.41) is 18.7. The number of amides is 1. The van der Waals surface area contributed by atoms with Crippen LogP contribution in [-0.2, 0) is 11.8 Å². The van der Waals surface area contributed by atoms with E-state index < -0.39 is 0 Å².